The van der Waals surface area contributed by atoms with E-state index in [0.717, 1.165) is 24.2 Å². The molecule has 0 radical (unpaired) electrons. The number of carbonyl (C=O) groups is 1. The highest BCUT2D eigenvalue weighted by atomic mass is 16.2. The van der Waals surface area contributed by atoms with Gasteiger partial charge < -0.3 is 10.6 Å². The van der Waals surface area contributed by atoms with Crippen LogP contribution in [0.1, 0.15) is 12.8 Å². The van der Waals surface area contributed by atoms with E-state index in [9.17, 15) is 4.79 Å². The summed E-state index contributed by atoms with van der Waals surface area (Å²) in [5, 5.41) is 6.14. The van der Waals surface area contributed by atoms with Gasteiger partial charge in [-0.05, 0) is 0 Å². The average molecular weight is 216 g/mol. The summed E-state index contributed by atoms with van der Waals surface area (Å²) in [5.74, 6) is 0.572. The van der Waals surface area contributed by atoms with Gasteiger partial charge in [0.25, 0.3) is 5.91 Å². The van der Waals surface area contributed by atoms with Gasteiger partial charge in [-0.25, -0.2) is 0 Å². The highest BCUT2D eigenvalue weighted by Crippen LogP contribution is 2.19. The standard InChI is InChI=1S/C11H12N4O/c16-11-9-10(13-6-5-12-9)14-7-3-1-2-4-8(7)15-11/h1-2,5,9H,3-4,6H2,(H,13,14)(H,15,16). The van der Waals surface area contributed by atoms with Crippen LogP contribution in [0.5, 0.6) is 0 Å². The summed E-state index contributed by atoms with van der Waals surface area (Å²) in [6, 6.07) is -0.501. The van der Waals surface area contributed by atoms with Crippen LogP contribution in [-0.2, 0) is 4.79 Å². The fourth-order valence-electron chi connectivity index (χ4n) is 2.02. The number of nitrogens with zero attached hydrogens (tertiary/aromatic N) is 2. The van der Waals surface area contributed by atoms with Crippen molar-refractivity contribution in [2.75, 3.05) is 6.54 Å². The Morgan fingerprint density at radius 1 is 1.19 bits per heavy atom. The molecule has 0 bridgehead atoms. The molecule has 5 nitrogen and oxygen atoms in total. The Bertz CT molecular complexity index is 459. The number of fused-ring (bicyclic) bond motifs is 1. The van der Waals surface area contributed by atoms with Crippen molar-refractivity contribution in [1.82, 2.24) is 10.6 Å². The number of amides is 1. The summed E-state index contributed by atoms with van der Waals surface area (Å²) in [6.07, 6.45) is 7.40. The van der Waals surface area contributed by atoms with Gasteiger partial charge in [0, 0.05) is 30.5 Å². The molecule has 2 heterocycles. The van der Waals surface area contributed by atoms with Crippen LogP contribution in [0.3, 0.4) is 0 Å². The van der Waals surface area contributed by atoms with E-state index in [-0.39, 0.29) is 5.91 Å². The molecule has 82 valence electrons. The quantitative estimate of drug-likeness (QED) is 0.565. The van der Waals surface area contributed by atoms with E-state index in [4.69, 9.17) is 0 Å². The van der Waals surface area contributed by atoms with E-state index in [1.54, 1.807) is 6.21 Å². The van der Waals surface area contributed by atoms with Gasteiger partial charge in [0.15, 0.2) is 6.04 Å². The molecule has 1 atom stereocenters. The highest BCUT2D eigenvalue weighted by molar-refractivity contribution is 6.11. The lowest BCUT2D eigenvalue weighted by molar-refractivity contribution is -0.120. The largest absolute Gasteiger partial charge is 0.343 e. The molecule has 1 unspecified atom stereocenters. The first kappa shape index (κ1) is 9.33. The summed E-state index contributed by atoms with van der Waals surface area (Å²) in [4.78, 5) is 20.4. The van der Waals surface area contributed by atoms with Crippen molar-refractivity contribution in [3.63, 3.8) is 0 Å². The van der Waals surface area contributed by atoms with Gasteiger partial charge >= 0.3 is 0 Å². The number of nitrogens with one attached hydrogen (secondary N) is 2. The molecule has 0 saturated carbocycles. The number of rotatable bonds is 0. The molecule has 0 aromatic rings. The van der Waals surface area contributed by atoms with E-state index in [2.05, 4.69) is 32.8 Å². The Hall–Kier alpha value is -1.91. The van der Waals surface area contributed by atoms with Crippen molar-refractivity contribution >= 4 is 18.0 Å². The number of hydrogen-bond acceptors (Lipinski definition) is 4. The van der Waals surface area contributed by atoms with Crippen LogP contribution in [0.4, 0.5) is 0 Å². The summed E-state index contributed by atoms with van der Waals surface area (Å²) in [6.45, 7) is 0.546. The predicted octanol–water partition coefficient (Wildman–Crippen LogP) is 0.119. The third kappa shape index (κ3) is 1.44. The monoisotopic (exact) mass is 216 g/mol. The van der Waals surface area contributed by atoms with Crippen LogP contribution < -0.4 is 10.6 Å². The summed E-state index contributed by atoms with van der Waals surface area (Å²) in [5.41, 5.74) is 1.98. The molecule has 16 heavy (non-hydrogen) atoms. The SMILES string of the molecule is O=C1NC2=C(CC=CC2)NC2=NCC=NC12. The maximum Gasteiger partial charge on any atom is 0.256 e. The van der Waals surface area contributed by atoms with E-state index in [1.165, 1.54) is 0 Å². The highest BCUT2D eigenvalue weighted by Gasteiger charge is 2.30. The van der Waals surface area contributed by atoms with Gasteiger partial charge in [0.1, 0.15) is 5.84 Å². The molecule has 2 aliphatic heterocycles. The minimum Gasteiger partial charge on any atom is -0.343 e. The number of aliphatic imine (C=N–C) groups is 2. The molecule has 5 heteroatoms. The van der Waals surface area contributed by atoms with Gasteiger partial charge in [-0.1, -0.05) is 12.2 Å². The molecule has 3 aliphatic rings. The molecule has 3 rings (SSSR count). The molecule has 0 fully saturated rings. The van der Waals surface area contributed by atoms with E-state index in [1.807, 2.05) is 0 Å². The normalized spacial score (nSPS) is 27.4. The van der Waals surface area contributed by atoms with Gasteiger partial charge in [0.05, 0.1) is 6.54 Å². The molecule has 1 amide bonds. The van der Waals surface area contributed by atoms with Crippen molar-refractivity contribution in [2.24, 2.45) is 9.98 Å². The number of amidine groups is 1. The van der Waals surface area contributed by atoms with E-state index >= 15 is 0 Å². The van der Waals surface area contributed by atoms with Crippen molar-refractivity contribution < 1.29 is 4.79 Å². The van der Waals surface area contributed by atoms with Gasteiger partial charge in [-0.15, -0.1) is 0 Å². The van der Waals surface area contributed by atoms with Crippen LogP contribution >= 0.6 is 0 Å². The number of allylic oxidation sites excluding steroid dienone is 2. The molecule has 0 aromatic heterocycles. The number of carbonyl (C=O) groups excluding carboxylic acids is 1. The first-order valence-corrected chi connectivity index (χ1v) is 5.35. The lowest BCUT2D eigenvalue weighted by Crippen LogP contribution is -2.41. The average Bonchev–Trinajstić information content (AvgIpc) is 2.45. The molecular formula is C11H12N4O. The van der Waals surface area contributed by atoms with Gasteiger partial charge in [-0.3, -0.25) is 14.8 Å². The smallest absolute Gasteiger partial charge is 0.256 e. The summed E-state index contributed by atoms with van der Waals surface area (Å²) in [7, 11) is 0. The second kappa shape index (κ2) is 3.59. The molecule has 0 spiro atoms. The van der Waals surface area contributed by atoms with Crippen molar-refractivity contribution in [2.45, 2.75) is 18.9 Å². The van der Waals surface area contributed by atoms with Crippen LogP contribution in [-0.4, -0.2) is 30.5 Å². The molecule has 2 N–H and O–H groups in total. The third-order valence-electron chi connectivity index (χ3n) is 2.83. The Morgan fingerprint density at radius 3 is 2.75 bits per heavy atom. The third-order valence-corrected chi connectivity index (χ3v) is 2.83. The van der Waals surface area contributed by atoms with Gasteiger partial charge in [-0.2, -0.15) is 0 Å². The molecule has 1 aliphatic carbocycles. The summed E-state index contributed by atoms with van der Waals surface area (Å²) >= 11 is 0. The van der Waals surface area contributed by atoms with Gasteiger partial charge in [0.2, 0.25) is 0 Å². The maximum atomic E-state index is 11.9. The first-order valence-electron chi connectivity index (χ1n) is 5.35. The van der Waals surface area contributed by atoms with E-state index < -0.39 is 6.04 Å². The van der Waals surface area contributed by atoms with Crippen LogP contribution in [0.25, 0.3) is 0 Å². The Labute approximate surface area is 93.0 Å². The van der Waals surface area contributed by atoms with Crippen LogP contribution in [0.2, 0.25) is 0 Å². The lowest BCUT2D eigenvalue weighted by atomic mass is 10.1. The van der Waals surface area contributed by atoms with Crippen LogP contribution in [0.15, 0.2) is 33.5 Å². The molecule has 0 saturated heterocycles. The molecule has 0 aromatic carbocycles. The molecular weight excluding hydrogens is 204 g/mol. The van der Waals surface area contributed by atoms with Crippen molar-refractivity contribution in [3.05, 3.63) is 23.5 Å². The minimum absolute atomic E-state index is 0.0949. The second-order valence-corrected chi connectivity index (χ2v) is 3.91. The lowest BCUT2D eigenvalue weighted by Gasteiger charge is -2.16. The zero-order valence-electron chi connectivity index (χ0n) is 8.73. The summed E-state index contributed by atoms with van der Waals surface area (Å²) < 4.78 is 0. The fraction of sp³-hybridized carbons (Fsp3) is 0.364. The zero-order valence-corrected chi connectivity index (χ0v) is 8.73. The second-order valence-electron chi connectivity index (χ2n) is 3.91. The van der Waals surface area contributed by atoms with Crippen molar-refractivity contribution in [3.8, 4) is 0 Å². The number of hydrogen-bond donors (Lipinski definition) is 2. The minimum atomic E-state index is -0.501. The Balaban J connectivity index is 1.96. The Morgan fingerprint density at radius 2 is 1.94 bits per heavy atom. The first-order chi connectivity index (χ1) is 7.84. The van der Waals surface area contributed by atoms with Crippen LogP contribution in [0, 0.1) is 0 Å². The maximum absolute atomic E-state index is 11.9. The zero-order chi connectivity index (χ0) is 11.0. The fourth-order valence-corrected chi connectivity index (χ4v) is 2.02. The predicted molar refractivity (Wildman–Crippen MR) is 61.3 cm³/mol. The topological polar surface area (TPSA) is 65.8 Å². The Kier molecular flexibility index (Phi) is 2.09. The van der Waals surface area contributed by atoms with E-state index in [0.29, 0.717) is 12.4 Å². The van der Waals surface area contributed by atoms with Crippen molar-refractivity contribution in [1.29, 1.82) is 0 Å².